The molecule has 0 aliphatic carbocycles. The van der Waals surface area contributed by atoms with Crippen molar-refractivity contribution >= 4 is 16.9 Å². The van der Waals surface area contributed by atoms with Crippen molar-refractivity contribution < 1.29 is 9.90 Å². The van der Waals surface area contributed by atoms with Gasteiger partial charge in [-0.25, -0.2) is 4.79 Å². The Morgan fingerprint density at radius 1 is 1.10 bits per heavy atom. The monoisotopic (exact) mass is 275 g/mol. The summed E-state index contributed by atoms with van der Waals surface area (Å²) in [6.45, 7) is 0.574. The second kappa shape index (κ2) is 5.56. The van der Waals surface area contributed by atoms with Crippen LogP contribution >= 0.6 is 0 Å². The first-order chi connectivity index (χ1) is 10.2. The Bertz CT molecular complexity index is 851. The van der Waals surface area contributed by atoms with Crippen molar-refractivity contribution in [2.75, 3.05) is 0 Å². The van der Waals surface area contributed by atoms with Gasteiger partial charge in [-0.1, -0.05) is 30.0 Å². The highest BCUT2D eigenvalue weighted by atomic mass is 16.4. The van der Waals surface area contributed by atoms with Crippen LogP contribution in [0.2, 0.25) is 0 Å². The molecule has 0 spiro atoms. The third kappa shape index (κ3) is 2.80. The molecule has 0 atom stereocenters. The van der Waals surface area contributed by atoms with Gasteiger partial charge in [0, 0.05) is 22.7 Å². The summed E-state index contributed by atoms with van der Waals surface area (Å²) in [7, 11) is 0. The molecule has 0 radical (unpaired) electrons. The van der Waals surface area contributed by atoms with Crippen molar-refractivity contribution in [3.8, 4) is 11.8 Å². The molecule has 0 aliphatic rings. The predicted molar refractivity (Wildman–Crippen MR) is 82.2 cm³/mol. The summed E-state index contributed by atoms with van der Waals surface area (Å²) in [4.78, 5) is 11.0. The molecule has 21 heavy (non-hydrogen) atoms. The van der Waals surface area contributed by atoms with E-state index in [1.165, 1.54) is 0 Å². The number of benzene rings is 2. The molecule has 0 fully saturated rings. The molecule has 3 rings (SSSR count). The van der Waals surface area contributed by atoms with Gasteiger partial charge in [-0.3, -0.25) is 0 Å². The molecule has 0 aliphatic heterocycles. The van der Waals surface area contributed by atoms with Crippen LogP contribution in [0.5, 0.6) is 0 Å². The Morgan fingerprint density at radius 3 is 2.67 bits per heavy atom. The molecule has 1 aromatic heterocycles. The van der Waals surface area contributed by atoms with Crippen LogP contribution in [0.15, 0.2) is 60.8 Å². The van der Waals surface area contributed by atoms with Crippen LogP contribution in [0.3, 0.4) is 0 Å². The zero-order valence-electron chi connectivity index (χ0n) is 11.3. The van der Waals surface area contributed by atoms with Gasteiger partial charge in [0.15, 0.2) is 0 Å². The van der Waals surface area contributed by atoms with Crippen molar-refractivity contribution in [1.82, 2.24) is 4.57 Å². The number of aromatic nitrogens is 1. The summed E-state index contributed by atoms with van der Waals surface area (Å²) < 4.78 is 2.01. The maximum absolute atomic E-state index is 11.0. The highest BCUT2D eigenvalue weighted by Crippen LogP contribution is 2.17. The normalized spacial score (nSPS) is 10.1. The maximum atomic E-state index is 11.0. The standard InChI is InChI=1S/C18H13NO2/c20-18(21)16-8-9-17-15(13-16)10-12-19(17)11-4-7-14-5-2-1-3-6-14/h1-3,5-6,8-10,12-13H,11H2,(H,20,21). The number of carbonyl (C=O) groups is 1. The van der Waals surface area contributed by atoms with Gasteiger partial charge in [-0.2, -0.15) is 0 Å². The summed E-state index contributed by atoms with van der Waals surface area (Å²) in [6.07, 6.45) is 1.93. The van der Waals surface area contributed by atoms with E-state index in [1.54, 1.807) is 12.1 Å². The van der Waals surface area contributed by atoms with Crippen molar-refractivity contribution in [3.05, 3.63) is 71.9 Å². The van der Waals surface area contributed by atoms with Gasteiger partial charge in [0.1, 0.15) is 0 Å². The minimum atomic E-state index is -0.909. The molecule has 3 aromatic rings. The Labute approximate surface area is 122 Å². The van der Waals surface area contributed by atoms with Gasteiger partial charge in [-0.05, 0) is 36.4 Å². The molecule has 102 valence electrons. The average Bonchev–Trinajstić information content (AvgIpc) is 2.91. The molecule has 0 bridgehead atoms. The molecule has 0 saturated carbocycles. The largest absolute Gasteiger partial charge is 0.478 e. The first-order valence-electron chi connectivity index (χ1n) is 6.60. The van der Waals surface area contributed by atoms with Crippen LogP contribution in [0.4, 0.5) is 0 Å². The lowest BCUT2D eigenvalue weighted by molar-refractivity contribution is 0.0697. The van der Waals surface area contributed by atoms with Gasteiger partial charge >= 0.3 is 5.97 Å². The van der Waals surface area contributed by atoms with Crippen LogP contribution in [-0.2, 0) is 6.54 Å². The fraction of sp³-hybridized carbons (Fsp3) is 0.0556. The third-order valence-corrected chi connectivity index (χ3v) is 3.27. The predicted octanol–water partition coefficient (Wildman–Crippen LogP) is 3.39. The van der Waals surface area contributed by atoms with Crippen LogP contribution in [0.1, 0.15) is 15.9 Å². The number of fused-ring (bicyclic) bond motifs is 1. The highest BCUT2D eigenvalue weighted by Gasteiger charge is 2.05. The fourth-order valence-corrected chi connectivity index (χ4v) is 2.22. The quantitative estimate of drug-likeness (QED) is 0.728. The second-order valence-electron chi connectivity index (χ2n) is 4.69. The van der Waals surface area contributed by atoms with Crippen molar-refractivity contribution in [1.29, 1.82) is 0 Å². The number of rotatable bonds is 2. The smallest absolute Gasteiger partial charge is 0.335 e. The Kier molecular flexibility index (Phi) is 3.44. The van der Waals surface area contributed by atoms with Gasteiger partial charge in [0.2, 0.25) is 0 Å². The minimum absolute atomic E-state index is 0.301. The number of nitrogens with zero attached hydrogens (tertiary/aromatic N) is 1. The average molecular weight is 275 g/mol. The lowest BCUT2D eigenvalue weighted by atomic mass is 10.1. The lowest BCUT2D eigenvalue weighted by Crippen LogP contribution is -1.97. The van der Waals surface area contributed by atoms with E-state index in [0.29, 0.717) is 12.1 Å². The first-order valence-corrected chi connectivity index (χ1v) is 6.60. The molecule has 1 heterocycles. The van der Waals surface area contributed by atoms with Gasteiger partial charge in [-0.15, -0.1) is 0 Å². The maximum Gasteiger partial charge on any atom is 0.335 e. The Balaban J connectivity index is 1.85. The topological polar surface area (TPSA) is 42.2 Å². The van der Waals surface area contributed by atoms with Gasteiger partial charge < -0.3 is 9.67 Å². The van der Waals surface area contributed by atoms with E-state index in [9.17, 15) is 4.79 Å². The van der Waals surface area contributed by atoms with Gasteiger partial charge in [0.05, 0.1) is 12.1 Å². The minimum Gasteiger partial charge on any atom is -0.478 e. The molecule has 1 N–H and O–H groups in total. The van der Waals surface area contributed by atoms with Crippen LogP contribution in [-0.4, -0.2) is 15.6 Å². The molecule has 0 saturated heterocycles. The van der Waals surface area contributed by atoms with Crippen LogP contribution < -0.4 is 0 Å². The number of carboxylic acids is 1. The van der Waals surface area contributed by atoms with Gasteiger partial charge in [0.25, 0.3) is 0 Å². The van der Waals surface area contributed by atoms with E-state index < -0.39 is 5.97 Å². The SMILES string of the molecule is O=C(O)c1ccc2c(ccn2CC#Cc2ccccc2)c1. The first kappa shape index (κ1) is 13.0. The fourth-order valence-electron chi connectivity index (χ4n) is 2.22. The number of aromatic carboxylic acids is 1. The van der Waals surface area contributed by atoms with E-state index in [-0.39, 0.29) is 0 Å². The highest BCUT2D eigenvalue weighted by molar-refractivity contribution is 5.93. The van der Waals surface area contributed by atoms with E-state index in [0.717, 1.165) is 16.5 Å². The van der Waals surface area contributed by atoms with Crippen molar-refractivity contribution in [3.63, 3.8) is 0 Å². The summed E-state index contributed by atoms with van der Waals surface area (Å²) in [5.74, 6) is 5.33. The Morgan fingerprint density at radius 2 is 1.90 bits per heavy atom. The van der Waals surface area contributed by atoms with Crippen LogP contribution in [0, 0.1) is 11.8 Å². The second-order valence-corrected chi connectivity index (χ2v) is 4.69. The lowest BCUT2D eigenvalue weighted by Gasteiger charge is -2.00. The van der Waals surface area contributed by atoms with Crippen LogP contribution in [0.25, 0.3) is 10.9 Å². The zero-order valence-corrected chi connectivity index (χ0v) is 11.3. The van der Waals surface area contributed by atoms with Crippen molar-refractivity contribution in [2.45, 2.75) is 6.54 Å². The summed E-state index contributed by atoms with van der Waals surface area (Å²) in [5, 5.41) is 9.90. The van der Waals surface area contributed by atoms with E-state index in [1.807, 2.05) is 53.2 Å². The molecule has 0 unspecified atom stereocenters. The third-order valence-electron chi connectivity index (χ3n) is 3.27. The summed E-state index contributed by atoms with van der Waals surface area (Å²) in [6, 6.07) is 16.9. The molecular formula is C18H13NO2. The number of carboxylic acid groups (broad SMARTS) is 1. The van der Waals surface area contributed by atoms with Crippen molar-refractivity contribution in [2.24, 2.45) is 0 Å². The Hall–Kier alpha value is -2.99. The molecular weight excluding hydrogens is 262 g/mol. The molecule has 3 nitrogen and oxygen atoms in total. The molecule has 0 amide bonds. The molecule has 3 heteroatoms. The molecule has 2 aromatic carbocycles. The summed E-state index contributed by atoms with van der Waals surface area (Å²) >= 11 is 0. The van der Waals surface area contributed by atoms with E-state index in [4.69, 9.17) is 5.11 Å². The van der Waals surface area contributed by atoms with E-state index >= 15 is 0 Å². The number of hydrogen-bond acceptors (Lipinski definition) is 1. The zero-order chi connectivity index (χ0) is 14.7. The number of hydrogen-bond donors (Lipinski definition) is 1. The summed E-state index contributed by atoms with van der Waals surface area (Å²) in [5.41, 5.74) is 2.28. The van der Waals surface area contributed by atoms with E-state index in [2.05, 4.69) is 11.8 Å².